The maximum absolute atomic E-state index is 16.0. The monoisotopic (exact) mass is 798 g/mol. The highest BCUT2D eigenvalue weighted by Crippen LogP contribution is 2.37. The molecule has 0 bridgehead atoms. The number of nitrogens with one attached hydrogen (secondary N) is 1. The Hall–Kier alpha value is -6.26. The number of nitrogens with zero attached hydrogens (tertiary/aromatic N) is 8. The summed E-state index contributed by atoms with van der Waals surface area (Å²) in [6.07, 6.45) is 3.00. The fraction of sp³-hybridized carbons (Fsp3) is 0.372. The topological polar surface area (TPSA) is 172 Å². The molecule has 5 aromatic rings. The molecule has 1 unspecified atom stereocenters. The van der Waals surface area contributed by atoms with E-state index in [4.69, 9.17) is 15.6 Å². The fourth-order valence-electron chi connectivity index (χ4n) is 9.43. The van der Waals surface area contributed by atoms with Gasteiger partial charge in [0.15, 0.2) is 5.65 Å². The number of piperidine rings is 3. The van der Waals surface area contributed by atoms with Crippen LogP contribution in [-0.4, -0.2) is 122 Å². The van der Waals surface area contributed by atoms with Gasteiger partial charge in [-0.1, -0.05) is 18.2 Å². The Morgan fingerprint density at radius 3 is 2.24 bits per heavy atom. The number of rotatable bonds is 8. The highest BCUT2D eigenvalue weighted by molar-refractivity contribution is 6.23. The van der Waals surface area contributed by atoms with Crippen LogP contribution in [0.3, 0.4) is 0 Å². The molecule has 3 aromatic carbocycles. The van der Waals surface area contributed by atoms with E-state index >= 15 is 4.39 Å². The lowest BCUT2D eigenvalue weighted by Gasteiger charge is -2.51. The van der Waals surface area contributed by atoms with Gasteiger partial charge in [0.25, 0.3) is 11.8 Å². The molecule has 4 fully saturated rings. The van der Waals surface area contributed by atoms with Crippen LogP contribution in [0.15, 0.2) is 79.1 Å². The van der Waals surface area contributed by atoms with Crippen molar-refractivity contribution in [1.29, 1.82) is 0 Å². The molecular formula is C43H43FN10O5. The number of fused-ring (bicyclic) bond motifs is 2. The number of anilines is 2. The molecule has 0 spiro atoms. The SMILES string of the molecule is Nc1ncnc2c1c(-c1ccc(Oc3ccccc3)cc1)nn2C1CCN([C@@H]2CCN(C3CN(c4ccc5c(c4)C(=O)N(C4CCC(=O)NC4=O)C5=O)C3)C[C@H]2F)CC1. The van der Waals surface area contributed by atoms with Gasteiger partial charge in [-0.3, -0.25) is 39.2 Å². The van der Waals surface area contributed by atoms with Crippen LogP contribution in [0.5, 0.6) is 11.5 Å². The smallest absolute Gasteiger partial charge is 0.262 e. The first-order chi connectivity index (χ1) is 28.7. The number of hydrogen-bond donors (Lipinski definition) is 2. The Labute approximate surface area is 338 Å². The molecule has 5 aliphatic heterocycles. The number of hydrogen-bond acceptors (Lipinski definition) is 12. The van der Waals surface area contributed by atoms with Crippen LogP contribution >= 0.6 is 0 Å². The first-order valence-corrected chi connectivity index (χ1v) is 20.2. The predicted molar refractivity (Wildman–Crippen MR) is 216 cm³/mol. The van der Waals surface area contributed by atoms with Gasteiger partial charge in [-0.05, 0) is 80.3 Å². The number of amides is 4. The third-order valence-corrected chi connectivity index (χ3v) is 12.6. The summed E-state index contributed by atoms with van der Waals surface area (Å²) in [4.78, 5) is 67.1. The number of alkyl halides is 1. The van der Waals surface area contributed by atoms with E-state index in [1.54, 1.807) is 12.1 Å². The number of carbonyl (C=O) groups excluding carboxylic acids is 4. The summed E-state index contributed by atoms with van der Waals surface area (Å²) in [7, 11) is 0. The van der Waals surface area contributed by atoms with Crippen molar-refractivity contribution < 1.29 is 28.3 Å². The van der Waals surface area contributed by atoms with Crippen molar-refractivity contribution >= 4 is 46.2 Å². The van der Waals surface area contributed by atoms with E-state index in [1.165, 1.54) is 6.33 Å². The normalized spacial score (nSPS) is 23.4. The summed E-state index contributed by atoms with van der Waals surface area (Å²) in [5.74, 6) is -0.250. The van der Waals surface area contributed by atoms with E-state index in [0.717, 1.165) is 60.8 Å². The number of aromatic nitrogens is 4. The van der Waals surface area contributed by atoms with E-state index in [2.05, 4.69) is 30.0 Å². The van der Waals surface area contributed by atoms with Crippen LogP contribution in [-0.2, 0) is 9.59 Å². The highest BCUT2D eigenvalue weighted by atomic mass is 19.1. The number of benzene rings is 3. The van der Waals surface area contributed by atoms with Crippen LogP contribution in [0.2, 0.25) is 0 Å². The third kappa shape index (κ3) is 6.65. The molecule has 0 aliphatic carbocycles. The molecule has 15 nitrogen and oxygen atoms in total. The largest absolute Gasteiger partial charge is 0.457 e. The zero-order chi connectivity index (χ0) is 40.4. The quantitative estimate of drug-likeness (QED) is 0.215. The minimum absolute atomic E-state index is 0.0702. The van der Waals surface area contributed by atoms with E-state index in [-0.39, 0.29) is 42.1 Å². The van der Waals surface area contributed by atoms with Gasteiger partial charge in [0, 0.05) is 69.0 Å². The summed E-state index contributed by atoms with van der Waals surface area (Å²) < 4.78 is 24.0. The number of para-hydroxylation sites is 1. The van der Waals surface area contributed by atoms with Gasteiger partial charge in [0.05, 0.1) is 22.6 Å². The molecule has 10 rings (SSSR count). The lowest BCUT2D eigenvalue weighted by Crippen LogP contribution is -2.64. The van der Waals surface area contributed by atoms with Gasteiger partial charge in [0.2, 0.25) is 11.8 Å². The number of imide groups is 2. The lowest BCUT2D eigenvalue weighted by molar-refractivity contribution is -0.136. The number of nitrogen functional groups attached to an aromatic ring is 1. The van der Waals surface area contributed by atoms with Crippen molar-refractivity contribution in [1.82, 2.24) is 39.8 Å². The van der Waals surface area contributed by atoms with Gasteiger partial charge in [-0.15, -0.1) is 0 Å². The second-order valence-corrected chi connectivity index (χ2v) is 16.1. The fourth-order valence-corrected chi connectivity index (χ4v) is 9.43. The minimum Gasteiger partial charge on any atom is -0.457 e. The van der Waals surface area contributed by atoms with Crippen molar-refractivity contribution in [2.75, 3.05) is 49.9 Å². The predicted octanol–water partition coefficient (Wildman–Crippen LogP) is 4.21. The second-order valence-electron chi connectivity index (χ2n) is 16.1. The molecular weight excluding hydrogens is 756 g/mol. The number of halogens is 1. The van der Waals surface area contributed by atoms with Gasteiger partial charge in [-0.2, -0.15) is 5.10 Å². The van der Waals surface area contributed by atoms with Crippen LogP contribution in [0.1, 0.15) is 58.9 Å². The van der Waals surface area contributed by atoms with Crippen LogP contribution < -0.4 is 20.7 Å². The first-order valence-electron chi connectivity index (χ1n) is 20.2. The van der Waals surface area contributed by atoms with Crippen molar-refractivity contribution in [3.8, 4) is 22.8 Å². The van der Waals surface area contributed by atoms with Crippen molar-refractivity contribution in [3.05, 3.63) is 90.3 Å². The Kier molecular flexibility index (Phi) is 9.32. The van der Waals surface area contributed by atoms with Crippen LogP contribution in [0, 0.1) is 0 Å². The molecule has 5 aliphatic rings. The molecule has 16 heteroatoms. The summed E-state index contributed by atoms with van der Waals surface area (Å²) in [6, 6.07) is 21.6. The van der Waals surface area contributed by atoms with Gasteiger partial charge in [0.1, 0.15) is 41.6 Å². The van der Waals surface area contributed by atoms with Gasteiger partial charge >= 0.3 is 0 Å². The number of nitrogens with two attached hydrogens (primary N) is 1. The molecule has 59 heavy (non-hydrogen) atoms. The Morgan fingerprint density at radius 1 is 0.763 bits per heavy atom. The maximum Gasteiger partial charge on any atom is 0.262 e. The lowest BCUT2D eigenvalue weighted by atomic mass is 9.94. The molecule has 3 N–H and O–H groups in total. The van der Waals surface area contributed by atoms with Crippen molar-refractivity contribution in [2.45, 2.75) is 62.4 Å². The number of likely N-dealkylation sites (tertiary alicyclic amines) is 2. The molecule has 0 saturated carbocycles. The van der Waals surface area contributed by atoms with E-state index in [9.17, 15) is 19.2 Å². The van der Waals surface area contributed by atoms with E-state index in [0.29, 0.717) is 47.9 Å². The maximum atomic E-state index is 16.0. The van der Waals surface area contributed by atoms with Crippen LogP contribution in [0.4, 0.5) is 15.9 Å². The highest BCUT2D eigenvalue weighted by Gasteiger charge is 2.46. The summed E-state index contributed by atoms with van der Waals surface area (Å²) in [5.41, 5.74) is 10.0. The molecule has 4 amide bonds. The van der Waals surface area contributed by atoms with Crippen molar-refractivity contribution in [2.24, 2.45) is 0 Å². The van der Waals surface area contributed by atoms with Crippen LogP contribution in [0.25, 0.3) is 22.3 Å². The standard InChI is InChI=1S/C43H43FN10O5/c44-33-23-51(28-21-52(22-28)27-8-11-31-32(20-27)43(58)53(42(31)57)35-12-13-36(55)48-41(35)56)19-16-34(33)50-17-14-26(15-18-50)54-40-37(39(45)46-24-47-40)38(49-54)25-6-9-30(10-7-25)59-29-4-2-1-3-5-29/h1-11,20,24,26,28,33-35H,12-19,21-23H2,(H2,45,46,47)(H,48,55,56)/t33-,34-,35?/m1/s1. The molecule has 2 aromatic heterocycles. The van der Waals surface area contributed by atoms with E-state index < -0.39 is 35.8 Å². The summed E-state index contributed by atoms with van der Waals surface area (Å²) in [6.45, 7) is 4.01. The average molecular weight is 799 g/mol. The Morgan fingerprint density at radius 2 is 1.49 bits per heavy atom. The molecule has 4 saturated heterocycles. The molecule has 7 heterocycles. The molecule has 3 atom stereocenters. The minimum atomic E-state index is -1.00. The number of ether oxygens (including phenoxy) is 1. The zero-order valence-electron chi connectivity index (χ0n) is 32.2. The number of carbonyl (C=O) groups is 4. The Balaban J connectivity index is 0.745. The van der Waals surface area contributed by atoms with E-state index in [1.807, 2.05) is 65.3 Å². The summed E-state index contributed by atoms with van der Waals surface area (Å²) >= 11 is 0. The zero-order valence-corrected chi connectivity index (χ0v) is 32.2. The third-order valence-electron chi connectivity index (χ3n) is 12.6. The molecule has 302 valence electrons. The molecule has 0 radical (unpaired) electrons. The van der Waals surface area contributed by atoms with Gasteiger partial charge in [-0.25, -0.2) is 19.0 Å². The Bertz CT molecular complexity index is 2470. The van der Waals surface area contributed by atoms with Gasteiger partial charge < -0.3 is 15.4 Å². The average Bonchev–Trinajstić information content (AvgIpc) is 3.73. The summed E-state index contributed by atoms with van der Waals surface area (Å²) in [5, 5.41) is 8.01. The second kappa shape index (κ2) is 14.8. The first kappa shape index (κ1) is 37.0. The van der Waals surface area contributed by atoms with Crippen molar-refractivity contribution in [3.63, 3.8) is 0 Å².